The van der Waals surface area contributed by atoms with Crippen LogP contribution in [0.4, 0.5) is 0 Å². The summed E-state index contributed by atoms with van der Waals surface area (Å²) in [4.78, 5) is 24.5. The van der Waals surface area contributed by atoms with Gasteiger partial charge in [-0.1, -0.05) is 42.5 Å². The molecule has 2 aromatic rings. The molecule has 2 aromatic carbocycles. The molecule has 1 fully saturated rings. The van der Waals surface area contributed by atoms with E-state index in [0.29, 0.717) is 30.2 Å². The number of methoxy groups -OCH3 is 2. The van der Waals surface area contributed by atoms with E-state index in [1.54, 1.807) is 19.2 Å². The number of nitrogens with one attached hydrogen (secondary N) is 1. The van der Waals surface area contributed by atoms with Crippen LogP contribution in [0, 0.1) is 5.92 Å². The Labute approximate surface area is 172 Å². The highest BCUT2D eigenvalue weighted by molar-refractivity contribution is 5.96. The Morgan fingerprint density at radius 1 is 1.00 bits per heavy atom. The van der Waals surface area contributed by atoms with Crippen LogP contribution in [0.3, 0.4) is 0 Å². The van der Waals surface area contributed by atoms with Gasteiger partial charge >= 0.3 is 5.97 Å². The average Bonchev–Trinajstić information content (AvgIpc) is 2.79. The van der Waals surface area contributed by atoms with Crippen LogP contribution in [-0.2, 0) is 14.9 Å². The van der Waals surface area contributed by atoms with Crippen molar-refractivity contribution in [3.63, 3.8) is 0 Å². The van der Waals surface area contributed by atoms with E-state index < -0.39 is 0 Å². The van der Waals surface area contributed by atoms with Gasteiger partial charge in [0.1, 0.15) is 5.75 Å². The number of esters is 1. The third kappa shape index (κ3) is 4.97. The molecule has 0 bridgehead atoms. The number of carbonyl (C=O) groups is 2. The maximum atomic E-state index is 12.8. The van der Waals surface area contributed by atoms with Gasteiger partial charge in [0.15, 0.2) is 0 Å². The van der Waals surface area contributed by atoms with Crippen LogP contribution >= 0.6 is 0 Å². The summed E-state index contributed by atoms with van der Waals surface area (Å²) >= 11 is 0. The molecule has 5 nitrogen and oxygen atoms in total. The standard InChI is InChI=1S/C24H29NO4/c1-28-21-11-7-6-10-20(21)23(27)25-17-24(19-8-4-3-5-9-19)14-12-18(13-15-24)16-22(26)29-2/h3-11,18H,12-17H2,1-2H3,(H,25,27). The van der Waals surface area contributed by atoms with Crippen LogP contribution < -0.4 is 10.1 Å². The second-order valence-electron chi connectivity index (χ2n) is 7.75. The SMILES string of the molecule is COC(=O)CC1CCC(CNC(=O)c2ccccc2OC)(c2ccccc2)CC1. The largest absolute Gasteiger partial charge is 0.496 e. The van der Waals surface area contributed by atoms with Gasteiger partial charge in [0.05, 0.1) is 19.8 Å². The van der Waals surface area contributed by atoms with Crippen molar-refractivity contribution < 1.29 is 19.1 Å². The molecule has 1 N–H and O–H groups in total. The third-order valence-electron chi connectivity index (χ3n) is 6.07. The van der Waals surface area contributed by atoms with Crippen molar-refractivity contribution in [2.24, 2.45) is 5.92 Å². The van der Waals surface area contributed by atoms with E-state index in [-0.39, 0.29) is 17.3 Å². The van der Waals surface area contributed by atoms with Crippen LogP contribution in [0.25, 0.3) is 0 Å². The number of ether oxygens (including phenoxy) is 2. The van der Waals surface area contributed by atoms with Crippen molar-refractivity contribution in [3.8, 4) is 5.75 Å². The van der Waals surface area contributed by atoms with Crippen LogP contribution in [-0.4, -0.2) is 32.6 Å². The number of rotatable bonds is 7. The summed E-state index contributed by atoms with van der Waals surface area (Å²) in [5, 5.41) is 3.14. The van der Waals surface area contributed by atoms with Gasteiger partial charge in [-0.2, -0.15) is 0 Å². The van der Waals surface area contributed by atoms with E-state index in [4.69, 9.17) is 9.47 Å². The normalized spacial score (nSPS) is 21.2. The van der Waals surface area contributed by atoms with E-state index in [0.717, 1.165) is 25.7 Å². The zero-order valence-corrected chi connectivity index (χ0v) is 17.1. The summed E-state index contributed by atoms with van der Waals surface area (Å²) in [7, 11) is 3.01. The number of amides is 1. The molecule has 0 aliphatic heterocycles. The van der Waals surface area contributed by atoms with E-state index in [9.17, 15) is 9.59 Å². The van der Waals surface area contributed by atoms with Crippen molar-refractivity contribution in [1.82, 2.24) is 5.32 Å². The summed E-state index contributed by atoms with van der Waals surface area (Å²) in [6.07, 6.45) is 4.19. The van der Waals surface area contributed by atoms with E-state index in [1.165, 1.54) is 12.7 Å². The number of hydrogen-bond acceptors (Lipinski definition) is 4. The average molecular weight is 395 g/mol. The Balaban J connectivity index is 1.74. The minimum atomic E-state index is -0.147. The fourth-order valence-electron chi connectivity index (χ4n) is 4.29. The van der Waals surface area contributed by atoms with Crippen molar-refractivity contribution >= 4 is 11.9 Å². The Morgan fingerprint density at radius 2 is 1.66 bits per heavy atom. The zero-order chi connectivity index (χ0) is 20.7. The first-order chi connectivity index (χ1) is 14.1. The van der Waals surface area contributed by atoms with Gasteiger partial charge < -0.3 is 14.8 Å². The highest BCUT2D eigenvalue weighted by Crippen LogP contribution is 2.42. The van der Waals surface area contributed by atoms with Gasteiger partial charge in [0, 0.05) is 18.4 Å². The molecule has 154 valence electrons. The maximum Gasteiger partial charge on any atom is 0.305 e. The maximum absolute atomic E-state index is 12.8. The summed E-state index contributed by atoms with van der Waals surface area (Å²) in [6.45, 7) is 0.554. The van der Waals surface area contributed by atoms with Crippen molar-refractivity contribution in [1.29, 1.82) is 0 Å². The number of hydrogen-bond donors (Lipinski definition) is 1. The van der Waals surface area contributed by atoms with Gasteiger partial charge in [-0.15, -0.1) is 0 Å². The van der Waals surface area contributed by atoms with Gasteiger partial charge in [-0.3, -0.25) is 9.59 Å². The molecule has 0 atom stereocenters. The minimum absolute atomic E-state index is 0.130. The van der Waals surface area contributed by atoms with Gasteiger partial charge in [-0.25, -0.2) is 0 Å². The highest BCUT2D eigenvalue weighted by atomic mass is 16.5. The lowest BCUT2D eigenvalue weighted by Gasteiger charge is -2.41. The first-order valence-electron chi connectivity index (χ1n) is 10.1. The summed E-state index contributed by atoms with van der Waals surface area (Å²) in [5.74, 6) is 0.630. The van der Waals surface area contributed by atoms with Crippen molar-refractivity contribution in [2.75, 3.05) is 20.8 Å². The van der Waals surface area contributed by atoms with Gasteiger partial charge in [-0.05, 0) is 49.3 Å². The molecule has 0 radical (unpaired) electrons. The lowest BCUT2D eigenvalue weighted by Crippen LogP contribution is -2.43. The minimum Gasteiger partial charge on any atom is -0.496 e. The summed E-state index contributed by atoms with van der Waals surface area (Å²) < 4.78 is 10.2. The first kappa shape index (κ1) is 20.9. The molecule has 1 aliphatic rings. The van der Waals surface area contributed by atoms with Crippen molar-refractivity contribution in [2.45, 2.75) is 37.5 Å². The van der Waals surface area contributed by atoms with Crippen LogP contribution in [0.2, 0.25) is 0 Å². The molecule has 0 aromatic heterocycles. The fraction of sp³-hybridized carbons (Fsp3) is 0.417. The molecule has 5 heteroatoms. The molecule has 0 heterocycles. The Hall–Kier alpha value is -2.82. The van der Waals surface area contributed by atoms with Gasteiger partial charge in [0.2, 0.25) is 0 Å². The third-order valence-corrected chi connectivity index (χ3v) is 6.07. The molecule has 1 aliphatic carbocycles. The molecular weight excluding hydrogens is 366 g/mol. The Bertz CT molecular complexity index is 826. The number of benzene rings is 2. The quantitative estimate of drug-likeness (QED) is 0.717. The molecule has 0 spiro atoms. The molecule has 1 amide bonds. The highest BCUT2D eigenvalue weighted by Gasteiger charge is 2.37. The molecule has 0 saturated heterocycles. The molecule has 29 heavy (non-hydrogen) atoms. The van der Waals surface area contributed by atoms with E-state index in [1.807, 2.05) is 30.3 Å². The number of carbonyl (C=O) groups excluding carboxylic acids is 2. The van der Waals surface area contributed by atoms with Crippen LogP contribution in [0.15, 0.2) is 54.6 Å². The Kier molecular flexibility index (Phi) is 6.91. The Morgan fingerprint density at radius 3 is 2.31 bits per heavy atom. The van der Waals surface area contributed by atoms with Gasteiger partial charge in [0.25, 0.3) is 5.91 Å². The zero-order valence-electron chi connectivity index (χ0n) is 17.1. The second-order valence-corrected chi connectivity index (χ2v) is 7.75. The van der Waals surface area contributed by atoms with Crippen LogP contribution in [0.1, 0.15) is 48.0 Å². The monoisotopic (exact) mass is 395 g/mol. The molecular formula is C24H29NO4. The molecule has 3 rings (SSSR count). The summed E-state index contributed by atoms with van der Waals surface area (Å²) in [5.41, 5.74) is 1.64. The lowest BCUT2D eigenvalue weighted by molar-refractivity contribution is -0.142. The topological polar surface area (TPSA) is 64.6 Å². The van der Waals surface area contributed by atoms with E-state index in [2.05, 4.69) is 17.4 Å². The predicted molar refractivity (Wildman–Crippen MR) is 112 cm³/mol. The number of para-hydroxylation sites is 1. The predicted octanol–water partition coefficient (Wildman–Crippen LogP) is 4.12. The van der Waals surface area contributed by atoms with Crippen LogP contribution in [0.5, 0.6) is 5.75 Å². The second kappa shape index (κ2) is 9.59. The summed E-state index contributed by atoms with van der Waals surface area (Å²) in [6, 6.07) is 17.6. The fourth-order valence-corrected chi connectivity index (χ4v) is 4.29. The molecule has 1 saturated carbocycles. The van der Waals surface area contributed by atoms with Crippen molar-refractivity contribution in [3.05, 3.63) is 65.7 Å². The molecule has 0 unspecified atom stereocenters. The lowest BCUT2D eigenvalue weighted by atomic mass is 9.66. The van der Waals surface area contributed by atoms with E-state index >= 15 is 0 Å². The first-order valence-corrected chi connectivity index (χ1v) is 10.1. The smallest absolute Gasteiger partial charge is 0.305 e.